The number of rotatable bonds is 2. The Kier molecular flexibility index (Phi) is 3.74. The third-order valence-corrected chi connectivity index (χ3v) is 2.83. The minimum atomic E-state index is 0.0416. The van der Waals surface area contributed by atoms with Gasteiger partial charge < -0.3 is 14.7 Å². The summed E-state index contributed by atoms with van der Waals surface area (Å²) in [6.07, 6.45) is 2.79. The van der Waals surface area contributed by atoms with Gasteiger partial charge in [-0.15, -0.1) is 0 Å². The van der Waals surface area contributed by atoms with Crippen LogP contribution in [0, 0.1) is 6.92 Å². The normalized spacial score (nSPS) is 17.2. The summed E-state index contributed by atoms with van der Waals surface area (Å²) < 4.78 is 5.43. The van der Waals surface area contributed by atoms with Crippen molar-refractivity contribution < 1.29 is 9.84 Å². The van der Waals surface area contributed by atoms with Crippen LogP contribution < -0.4 is 4.90 Å². The molecule has 88 valence electrons. The minimum absolute atomic E-state index is 0.0416. The molecule has 0 amide bonds. The van der Waals surface area contributed by atoms with Crippen LogP contribution in [-0.4, -0.2) is 36.4 Å². The molecule has 0 spiro atoms. The number of hydrogen-bond acceptors (Lipinski definition) is 4. The number of hydrogen-bond donors (Lipinski definition) is 1. The van der Waals surface area contributed by atoms with Crippen molar-refractivity contribution in [1.82, 2.24) is 4.98 Å². The maximum Gasteiger partial charge on any atom is 0.0717 e. The van der Waals surface area contributed by atoms with Crippen molar-refractivity contribution in [3.05, 3.63) is 23.5 Å². The second-order valence-corrected chi connectivity index (χ2v) is 4.07. The Morgan fingerprint density at radius 1 is 1.44 bits per heavy atom. The highest BCUT2D eigenvalue weighted by Crippen LogP contribution is 2.22. The van der Waals surface area contributed by atoms with Gasteiger partial charge in [0, 0.05) is 42.8 Å². The van der Waals surface area contributed by atoms with Crippen molar-refractivity contribution in [3.8, 4) is 0 Å². The first-order chi connectivity index (χ1) is 7.81. The molecule has 1 aromatic heterocycles. The number of nitrogens with zero attached hydrogens (tertiary/aromatic N) is 2. The van der Waals surface area contributed by atoms with Gasteiger partial charge in [-0.2, -0.15) is 0 Å². The quantitative estimate of drug-likeness (QED) is 0.814. The third kappa shape index (κ3) is 2.51. The summed E-state index contributed by atoms with van der Waals surface area (Å²) in [6, 6.07) is 2.04. The Morgan fingerprint density at radius 2 is 2.31 bits per heavy atom. The topological polar surface area (TPSA) is 45.6 Å². The molecule has 2 rings (SSSR count). The fourth-order valence-electron chi connectivity index (χ4n) is 1.98. The molecule has 1 saturated heterocycles. The van der Waals surface area contributed by atoms with Gasteiger partial charge in [-0.25, -0.2) is 0 Å². The van der Waals surface area contributed by atoms with Gasteiger partial charge >= 0.3 is 0 Å². The van der Waals surface area contributed by atoms with Gasteiger partial charge in [-0.1, -0.05) is 0 Å². The average molecular weight is 222 g/mol. The first-order valence-electron chi connectivity index (χ1n) is 5.70. The minimum Gasteiger partial charge on any atom is -0.392 e. The van der Waals surface area contributed by atoms with Crippen molar-refractivity contribution in [1.29, 1.82) is 0 Å². The first kappa shape index (κ1) is 11.4. The summed E-state index contributed by atoms with van der Waals surface area (Å²) in [7, 11) is 0. The number of aliphatic hydroxyl groups excluding tert-OH is 1. The van der Waals surface area contributed by atoms with Crippen molar-refractivity contribution in [2.45, 2.75) is 20.0 Å². The van der Waals surface area contributed by atoms with Crippen LogP contribution in [0.4, 0.5) is 5.69 Å². The molecule has 0 aliphatic carbocycles. The zero-order chi connectivity index (χ0) is 11.4. The molecule has 0 atom stereocenters. The number of aryl methyl sites for hydroxylation is 1. The molecule has 1 N–H and O–H groups in total. The van der Waals surface area contributed by atoms with E-state index in [9.17, 15) is 5.11 Å². The van der Waals surface area contributed by atoms with Crippen LogP contribution in [0.15, 0.2) is 12.3 Å². The lowest BCUT2D eigenvalue weighted by Crippen LogP contribution is -2.27. The van der Waals surface area contributed by atoms with Gasteiger partial charge in [-0.3, -0.25) is 4.98 Å². The summed E-state index contributed by atoms with van der Waals surface area (Å²) in [5.41, 5.74) is 2.98. The predicted molar refractivity (Wildman–Crippen MR) is 62.5 cm³/mol. The smallest absolute Gasteiger partial charge is 0.0717 e. The maximum absolute atomic E-state index is 9.31. The van der Waals surface area contributed by atoms with E-state index >= 15 is 0 Å². The lowest BCUT2D eigenvalue weighted by Gasteiger charge is -2.24. The largest absolute Gasteiger partial charge is 0.392 e. The molecule has 0 unspecified atom stereocenters. The highest BCUT2D eigenvalue weighted by atomic mass is 16.5. The monoisotopic (exact) mass is 222 g/mol. The Hall–Kier alpha value is -1.13. The number of ether oxygens (including phenoxy) is 1. The molecule has 0 bridgehead atoms. The fraction of sp³-hybridized carbons (Fsp3) is 0.583. The molecule has 0 radical (unpaired) electrons. The Labute approximate surface area is 95.9 Å². The summed E-state index contributed by atoms with van der Waals surface area (Å²) in [6.45, 7) is 5.47. The molecule has 4 heteroatoms. The van der Waals surface area contributed by atoms with Crippen LogP contribution in [0.2, 0.25) is 0 Å². The van der Waals surface area contributed by atoms with Crippen LogP contribution in [0.25, 0.3) is 0 Å². The molecule has 0 aromatic carbocycles. The Bertz CT molecular complexity index is 347. The van der Waals surface area contributed by atoms with Gasteiger partial charge in [0.1, 0.15) is 0 Å². The lowest BCUT2D eigenvalue weighted by atomic mass is 10.2. The number of anilines is 1. The predicted octanol–water partition coefficient (Wildman–Crippen LogP) is 1.11. The van der Waals surface area contributed by atoms with E-state index in [1.54, 1.807) is 6.20 Å². The van der Waals surface area contributed by atoms with Crippen LogP contribution in [-0.2, 0) is 11.3 Å². The molecule has 4 nitrogen and oxygen atoms in total. The second-order valence-electron chi connectivity index (χ2n) is 4.07. The number of pyridine rings is 1. The van der Waals surface area contributed by atoms with Crippen LogP contribution >= 0.6 is 0 Å². The van der Waals surface area contributed by atoms with Crippen molar-refractivity contribution in [3.63, 3.8) is 0 Å². The van der Waals surface area contributed by atoms with E-state index < -0.39 is 0 Å². The van der Waals surface area contributed by atoms with Gasteiger partial charge in [0.15, 0.2) is 0 Å². The van der Waals surface area contributed by atoms with Crippen molar-refractivity contribution in [2.24, 2.45) is 0 Å². The van der Waals surface area contributed by atoms with Gasteiger partial charge in [-0.05, 0) is 19.4 Å². The van der Waals surface area contributed by atoms with Crippen LogP contribution in [0.5, 0.6) is 0 Å². The van der Waals surface area contributed by atoms with Gasteiger partial charge in [0.25, 0.3) is 0 Å². The van der Waals surface area contributed by atoms with Crippen molar-refractivity contribution in [2.75, 3.05) is 31.2 Å². The number of aliphatic hydroxyl groups is 1. The highest BCUT2D eigenvalue weighted by molar-refractivity contribution is 5.53. The van der Waals surface area contributed by atoms with Crippen LogP contribution in [0.1, 0.15) is 17.7 Å². The summed E-state index contributed by atoms with van der Waals surface area (Å²) in [5.74, 6) is 0. The van der Waals surface area contributed by atoms with Crippen molar-refractivity contribution >= 4 is 5.69 Å². The zero-order valence-corrected chi connectivity index (χ0v) is 9.65. The standard InChI is InChI=1S/C12H18N2O2/c1-10-7-12(11(9-15)8-13-10)14-3-2-5-16-6-4-14/h7-8,15H,2-6,9H2,1H3. The number of aromatic nitrogens is 1. The van der Waals surface area contributed by atoms with Gasteiger partial charge in [0.05, 0.1) is 13.2 Å². The molecule has 1 fully saturated rings. The molecular formula is C12H18N2O2. The van der Waals surface area contributed by atoms with E-state index in [0.717, 1.165) is 49.7 Å². The zero-order valence-electron chi connectivity index (χ0n) is 9.65. The summed E-state index contributed by atoms with van der Waals surface area (Å²) >= 11 is 0. The lowest BCUT2D eigenvalue weighted by molar-refractivity contribution is 0.152. The first-order valence-corrected chi connectivity index (χ1v) is 5.70. The van der Waals surface area contributed by atoms with E-state index in [2.05, 4.69) is 9.88 Å². The van der Waals surface area contributed by atoms with Gasteiger partial charge in [0.2, 0.25) is 0 Å². The molecular weight excluding hydrogens is 204 g/mol. The van der Waals surface area contributed by atoms with E-state index in [1.165, 1.54) is 0 Å². The highest BCUT2D eigenvalue weighted by Gasteiger charge is 2.13. The summed E-state index contributed by atoms with van der Waals surface area (Å²) in [5, 5.41) is 9.31. The van der Waals surface area contributed by atoms with E-state index in [-0.39, 0.29) is 6.61 Å². The van der Waals surface area contributed by atoms with Crippen LogP contribution in [0.3, 0.4) is 0 Å². The van der Waals surface area contributed by atoms with E-state index in [0.29, 0.717) is 0 Å². The molecule has 1 aromatic rings. The Morgan fingerprint density at radius 3 is 3.12 bits per heavy atom. The Balaban J connectivity index is 2.25. The maximum atomic E-state index is 9.31. The second kappa shape index (κ2) is 5.27. The SMILES string of the molecule is Cc1cc(N2CCCOCC2)c(CO)cn1. The third-order valence-electron chi connectivity index (χ3n) is 2.83. The van der Waals surface area contributed by atoms with E-state index in [4.69, 9.17) is 4.74 Å². The fourth-order valence-corrected chi connectivity index (χ4v) is 1.98. The molecule has 1 aliphatic heterocycles. The molecule has 2 heterocycles. The average Bonchev–Trinajstić information content (AvgIpc) is 2.57. The molecule has 16 heavy (non-hydrogen) atoms. The molecule has 0 saturated carbocycles. The molecule has 1 aliphatic rings. The van der Waals surface area contributed by atoms with E-state index in [1.807, 2.05) is 13.0 Å². The summed E-state index contributed by atoms with van der Waals surface area (Å²) in [4.78, 5) is 6.48.